The number of ether oxygens (including phenoxy) is 2. The molecule has 1 N–H and O–H groups in total. The summed E-state index contributed by atoms with van der Waals surface area (Å²) >= 11 is 3.53. The van der Waals surface area contributed by atoms with Gasteiger partial charge in [-0.2, -0.15) is 0 Å². The molecule has 0 saturated heterocycles. The predicted molar refractivity (Wildman–Crippen MR) is 90.2 cm³/mol. The second-order valence-electron chi connectivity index (χ2n) is 4.41. The van der Waals surface area contributed by atoms with Gasteiger partial charge < -0.3 is 14.8 Å². The lowest BCUT2D eigenvalue weighted by atomic mass is 10.2. The maximum atomic E-state index is 5.66. The highest BCUT2D eigenvalue weighted by molar-refractivity contribution is 9.10. The molecule has 110 valence electrons. The highest BCUT2D eigenvalue weighted by Crippen LogP contribution is 2.28. The third kappa shape index (κ3) is 4.26. The molecule has 0 atom stereocenters. The molecule has 0 radical (unpaired) electrons. The first kappa shape index (κ1) is 15.4. The molecular weight excluding hydrogens is 330 g/mol. The summed E-state index contributed by atoms with van der Waals surface area (Å²) in [5.41, 5.74) is 2.07. The Labute approximate surface area is 133 Å². The number of benzene rings is 2. The molecule has 0 spiro atoms. The first-order valence-corrected chi connectivity index (χ1v) is 7.43. The number of methoxy groups -OCH3 is 1. The lowest BCUT2D eigenvalue weighted by Crippen LogP contribution is -2.04. The van der Waals surface area contributed by atoms with E-state index in [-0.39, 0.29) is 0 Å². The van der Waals surface area contributed by atoms with Crippen LogP contribution in [-0.2, 0) is 6.54 Å². The van der Waals surface area contributed by atoms with Gasteiger partial charge in [-0.1, -0.05) is 30.9 Å². The summed E-state index contributed by atoms with van der Waals surface area (Å²) in [7, 11) is 1.66. The number of para-hydroxylation sites is 1. The number of nitrogens with one attached hydrogen (secondary N) is 1. The van der Waals surface area contributed by atoms with Gasteiger partial charge in [-0.3, -0.25) is 0 Å². The zero-order chi connectivity index (χ0) is 15.1. The predicted octanol–water partition coefficient (Wildman–Crippen LogP) is 4.63. The lowest BCUT2D eigenvalue weighted by molar-refractivity contribution is 0.359. The molecule has 0 fully saturated rings. The minimum Gasteiger partial charge on any atom is -0.497 e. The molecule has 0 aliphatic rings. The zero-order valence-electron chi connectivity index (χ0n) is 11.9. The highest BCUT2D eigenvalue weighted by atomic mass is 79.9. The van der Waals surface area contributed by atoms with E-state index < -0.39 is 0 Å². The van der Waals surface area contributed by atoms with Crippen LogP contribution >= 0.6 is 15.9 Å². The number of halogens is 1. The van der Waals surface area contributed by atoms with Crippen molar-refractivity contribution >= 4 is 21.6 Å². The van der Waals surface area contributed by atoms with Crippen molar-refractivity contribution in [1.29, 1.82) is 0 Å². The van der Waals surface area contributed by atoms with Crippen LogP contribution in [0.1, 0.15) is 5.56 Å². The van der Waals surface area contributed by atoms with Gasteiger partial charge in [0.25, 0.3) is 0 Å². The van der Waals surface area contributed by atoms with Gasteiger partial charge in [0.05, 0.1) is 12.8 Å². The van der Waals surface area contributed by atoms with Crippen LogP contribution in [0.3, 0.4) is 0 Å². The Kier molecular flexibility index (Phi) is 5.69. The highest BCUT2D eigenvalue weighted by Gasteiger charge is 2.05. The largest absolute Gasteiger partial charge is 0.497 e. The average molecular weight is 348 g/mol. The van der Waals surface area contributed by atoms with Crippen LogP contribution < -0.4 is 14.8 Å². The molecule has 0 saturated carbocycles. The van der Waals surface area contributed by atoms with E-state index in [0.717, 1.165) is 27.2 Å². The fraction of sp³-hybridized carbons (Fsp3) is 0.176. The van der Waals surface area contributed by atoms with E-state index in [4.69, 9.17) is 9.47 Å². The van der Waals surface area contributed by atoms with Gasteiger partial charge in [0.15, 0.2) is 0 Å². The van der Waals surface area contributed by atoms with Crippen molar-refractivity contribution in [2.75, 3.05) is 19.0 Å². The molecule has 0 unspecified atom stereocenters. The summed E-state index contributed by atoms with van der Waals surface area (Å²) < 4.78 is 11.9. The maximum Gasteiger partial charge on any atom is 0.124 e. The molecular formula is C17H18BrNO2. The number of hydrogen-bond acceptors (Lipinski definition) is 3. The number of hydrogen-bond donors (Lipinski definition) is 1. The summed E-state index contributed by atoms with van der Waals surface area (Å²) in [4.78, 5) is 0. The summed E-state index contributed by atoms with van der Waals surface area (Å²) in [6.07, 6.45) is 1.74. The maximum absolute atomic E-state index is 5.66. The van der Waals surface area contributed by atoms with E-state index in [1.807, 2.05) is 42.5 Å². The Morgan fingerprint density at radius 2 is 2.05 bits per heavy atom. The fourth-order valence-electron chi connectivity index (χ4n) is 1.90. The van der Waals surface area contributed by atoms with Gasteiger partial charge in [0.2, 0.25) is 0 Å². The number of rotatable bonds is 7. The number of anilines is 1. The standard InChI is InChI=1S/C17H18BrNO2/c1-3-10-21-17-7-5-4-6-13(17)12-19-16-11-14(20-2)8-9-15(16)18/h3-9,11,19H,1,10,12H2,2H3. The van der Waals surface area contributed by atoms with Crippen molar-refractivity contribution in [3.8, 4) is 11.5 Å². The molecule has 2 rings (SSSR count). The van der Waals surface area contributed by atoms with Crippen LogP contribution in [0, 0.1) is 0 Å². The summed E-state index contributed by atoms with van der Waals surface area (Å²) in [5.74, 6) is 1.68. The first-order valence-electron chi connectivity index (χ1n) is 6.63. The van der Waals surface area contributed by atoms with E-state index in [1.165, 1.54) is 0 Å². The van der Waals surface area contributed by atoms with Gasteiger partial charge in [-0.15, -0.1) is 0 Å². The van der Waals surface area contributed by atoms with Crippen molar-refractivity contribution in [2.45, 2.75) is 6.54 Å². The van der Waals surface area contributed by atoms with Crippen LogP contribution in [0.2, 0.25) is 0 Å². The minimum absolute atomic E-state index is 0.500. The van der Waals surface area contributed by atoms with Crippen molar-refractivity contribution in [3.63, 3.8) is 0 Å². The van der Waals surface area contributed by atoms with Crippen LogP contribution in [0.15, 0.2) is 59.6 Å². The van der Waals surface area contributed by atoms with Crippen LogP contribution in [0.4, 0.5) is 5.69 Å². The Hall–Kier alpha value is -1.94. The zero-order valence-corrected chi connectivity index (χ0v) is 13.5. The average Bonchev–Trinajstić information content (AvgIpc) is 2.53. The van der Waals surface area contributed by atoms with E-state index in [9.17, 15) is 0 Å². The third-order valence-electron chi connectivity index (χ3n) is 2.97. The van der Waals surface area contributed by atoms with Gasteiger partial charge in [-0.25, -0.2) is 0 Å². The minimum atomic E-state index is 0.500. The third-order valence-corrected chi connectivity index (χ3v) is 3.66. The molecule has 21 heavy (non-hydrogen) atoms. The van der Waals surface area contributed by atoms with Crippen LogP contribution in [0.5, 0.6) is 11.5 Å². The van der Waals surface area contributed by atoms with E-state index in [0.29, 0.717) is 13.2 Å². The van der Waals surface area contributed by atoms with Gasteiger partial charge >= 0.3 is 0 Å². The van der Waals surface area contributed by atoms with Gasteiger partial charge in [0, 0.05) is 22.6 Å². The summed E-state index contributed by atoms with van der Waals surface area (Å²) in [6, 6.07) is 13.8. The Bertz CT molecular complexity index is 613. The topological polar surface area (TPSA) is 30.5 Å². The SMILES string of the molecule is C=CCOc1ccccc1CNc1cc(OC)ccc1Br. The van der Waals surface area contributed by atoms with Crippen molar-refractivity contribution < 1.29 is 9.47 Å². The molecule has 0 heterocycles. The fourth-order valence-corrected chi connectivity index (χ4v) is 2.28. The smallest absolute Gasteiger partial charge is 0.124 e. The first-order chi connectivity index (χ1) is 10.2. The van der Waals surface area contributed by atoms with Gasteiger partial charge in [-0.05, 0) is 34.1 Å². The normalized spacial score (nSPS) is 10.0. The van der Waals surface area contributed by atoms with E-state index in [2.05, 4.69) is 27.8 Å². The molecule has 0 aromatic heterocycles. The van der Waals surface area contributed by atoms with Crippen LogP contribution in [0.25, 0.3) is 0 Å². The molecule has 0 aliphatic heterocycles. The van der Waals surface area contributed by atoms with Crippen LogP contribution in [-0.4, -0.2) is 13.7 Å². The monoisotopic (exact) mass is 347 g/mol. The Balaban J connectivity index is 2.11. The Morgan fingerprint density at radius 1 is 1.24 bits per heavy atom. The van der Waals surface area contributed by atoms with E-state index >= 15 is 0 Å². The molecule has 2 aromatic carbocycles. The molecule has 3 nitrogen and oxygen atoms in total. The molecule has 0 aliphatic carbocycles. The van der Waals surface area contributed by atoms with E-state index in [1.54, 1.807) is 13.2 Å². The molecule has 4 heteroatoms. The second kappa shape index (κ2) is 7.74. The quantitative estimate of drug-likeness (QED) is 0.740. The molecule has 2 aromatic rings. The molecule has 0 amide bonds. The van der Waals surface area contributed by atoms with Crippen molar-refractivity contribution in [3.05, 3.63) is 65.2 Å². The Morgan fingerprint density at radius 3 is 2.81 bits per heavy atom. The van der Waals surface area contributed by atoms with Crippen molar-refractivity contribution in [2.24, 2.45) is 0 Å². The second-order valence-corrected chi connectivity index (χ2v) is 5.26. The van der Waals surface area contributed by atoms with Crippen molar-refractivity contribution in [1.82, 2.24) is 0 Å². The summed E-state index contributed by atoms with van der Waals surface area (Å²) in [6.45, 7) is 4.83. The lowest BCUT2D eigenvalue weighted by Gasteiger charge is -2.13. The molecule has 0 bridgehead atoms. The van der Waals surface area contributed by atoms with Gasteiger partial charge in [0.1, 0.15) is 18.1 Å². The summed E-state index contributed by atoms with van der Waals surface area (Å²) in [5, 5.41) is 3.39.